The monoisotopic (exact) mass is 733 g/mol. The molecule has 3 aliphatic heterocycles. The van der Waals surface area contributed by atoms with Crippen LogP contribution >= 0.6 is 18.1 Å². The van der Waals surface area contributed by atoms with Gasteiger partial charge in [0.2, 0.25) is 6.41 Å². The number of morpholine rings is 1. The third-order valence-corrected chi connectivity index (χ3v) is 12.7. The van der Waals surface area contributed by atoms with Crippen LogP contribution in [0.5, 0.6) is 0 Å². The van der Waals surface area contributed by atoms with E-state index < -0.39 is 30.8 Å². The van der Waals surface area contributed by atoms with Gasteiger partial charge in [-0.05, 0) is 80.6 Å². The predicted molar refractivity (Wildman–Crippen MR) is 200 cm³/mol. The number of nitrogens with one attached hydrogen (secondary N) is 1. The fraction of sp³-hybridized carbons (Fsp3) is 0.436. The lowest BCUT2D eigenvalue weighted by molar-refractivity contribution is -0.152. The van der Waals surface area contributed by atoms with Crippen molar-refractivity contribution in [2.75, 3.05) is 45.9 Å². The molecule has 10 nitrogen and oxygen atoms in total. The van der Waals surface area contributed by atoms with E-state index >= 15 is 0 Å². The lowest BCUT2D eigenvalue weighted by Gasteiger charge is -2.51. The minimum atomic E-state index is -3.69. The van der Waals surface area contributed by atoms with E-state index in [1.165, 1.54) is 17.7 Å². The third kappa shape index (κ3) is 8.50. The van der Waals surface area contributed by atoms with Crippen LogP contribution in [-0.2, 0) is 24.2 Å². The Hall–Kier alpha value is -3.34. The van der Waals surface area contributed by atoms with Gasteiger partial charge in [-0.25, -0.2) is 9.46 Å². The molecule has 3 saturated heterocycles. The summed E-state index contributed by atoms with van der Waals surface area (Å²) in [7, 11) is 0. The summed E-state index contributed by atoms with van der Waals surface area (Å²) in [6.45, 7) is 4.09. The average Bonchev–Trinajstić information content (AvgIpc) is 3.70. The molecule has 0 aliphatic carbocycles. The van der Waals surface area contributed by atoms with Gasteiger partial charge in [0.05, 0.1) is 18.2 Å². The minimum absolute atomic E-state index is 0.0633. The van der Waals surface area contributed by atoms with Gasteiger partial charge >= 0.3 is 12.9 Å². The van der Waals surface area contributed by atoms with Crippen LogP contribution in [0.1, 0.15) is 56.2 Å². The molecule has 3 aliphatic rings. The maximum atomic E-state index is 14.0. The summed E-state index contributed by atoms with van der Waals surface area (Å²) in [5, 5.41) is 2.29. The molecule has 12 heteroatoms. The van der Waals surface area contributed by atoms with Crippen molar-refractivity contribution in [2.24, 2.45) is 0 Å². The normalized spacial score (nSPS) is 22.2. The minimum Gasteiger partial charge on any atom is -0.350 e. The smallest absolute Gasteiger partial charge is 0.350 e. The zero-order valence-electron chi connectivity index (χ0n) is 29.5. The van der Waals surface area contributed by atoms with Crippen LogP contribution in [0.2, 0.25) is 0 Å². The van der Waals surface area contributed by atoms with Crippen molar-refractivity contribution in [1.82, 2.24) is 24.7 Å². The number of ether oxygens (including phenoxy) is 1. The molecule has 3 fully saturated rings. The highest BCUT2D eigenvalue weighted by Crippen LogP contribution is 2.57. The fourth-order valence-electron chi connectivity index (χ4n) is 7.92. The maximum Gasteiger partial charge on any atom is 0.363 e. The molecule has 51 heavy (non-hydrogen) atoms. The number of hydrogen-bond acceptors (Lipinski definition) is 7. The molecule has 3 aromatic rings. The summed E-state index contributed by atoms with van der Waals surface area (Å²) in [4.78, 5) is 31.2. The predicted octanol–water partition coefficient (Wildman–Crippen LogP) is 7.02. The highest BCUT2D eigenvalue weighted by atomic mass is 35.7. The van der Waals surface area contributed by atoms with Crippen molar-refractivity contribution in [2.45, 2.75) is 63.4 Å². The molecule has 272 valence electrons. The van der Waals surface area contributed by atoms with E-state index in [0.29, 0.717) is 32.1 Å². The Balaban J connectivity index is 1.36. The van der Waals surface area contributed by atoms with Crippen LogP contribution in [-0.4, -0.2) is 96.1 Å². The molecule has 1 N–H and O–H groups in total. The molecule has 2 unspecified atom stereocenters. The summed E-state index contributed by atoms with van der Waals surface area (Å²) in [6.07, 6.45) is 4.82. The summed E-state index contributed by atoms with van der Waals surface area (Å²) < 4.78 is 28.6. The topological polar surface area (TPSA) is 94.7 Å². The number of piperidine rings is 1. The lowest BCUT2D eigenvalue weighted by atomic mass is 9.75. The Labute approximate surface area is 306 Å². The van der Waals surface area contributed by atoms with Crippen LogP contribution in [0.4, 0.5) is 4.79 Å². The standard InChI is InChI=1S/C39H49ClN5O5P/c1-31(2)26-45(38(47)41-30-46)37-28-43(27-36(50-37)29-49-51(40,48)44-24-20-35(21-25-44)42-22-12-13-23-42)39(32-14-6-3-7-15-32,33-16-8-4-9-17-33)34-18-10-5-11-19-34/h3-11,14-19,26,30,35-37H,12-13,20-25,27-29H2,1-2H3,(H,41,46,47)/t36-,37?,51?/m0/s1. The van der Waals surface area contributed by atoms with Gasteiger partial charge in [0.15, 0.2) is 6.23 Å². The van der Waals surface area contributed by atoms with Gasteiger partial charge < -0.3 is 14.2 Å². The van der Waals surface area contributed by atoms with E-state index in [4.69, 9.17) is 20.5 Å². The van der Waals surface area contributed by atoms with Crippen molar-refractivity contribution < 1.29 is 23.4 Å². The first-order valence-corrected chi connectivity index (χ1v) is 20.4. The van der Waals surface area contributed by atoms with Crippen molar-refractivity contribution in [1.29, 1.82) is 0 Å². The van der Waals surface area contributed by atoms with E-state index in [0.717, 1.165) is 48.2 Å². The number of halogens is 1. The highest BCUT2D eigenvalue weighted by Gasteiger charge is 2.48. The Morgan fingerprint density at radius 3 is 1.92 bits per heavy atom. The fourth-order valence-corrected chi connectivity index (χ4v) is 9.76. The van der Waals surface area contributed by atoms with Crippen molar-refractivity contribution in [3.8, 4) is 0 Å². The van der Waals surface area contributed by atoms with E-state index in [1.807, 2.05) is 68.4 Å². The largest absolute Gasteiger partial charge is 0.363 e. The molecular formula is C39H49ClN5O5P. The van der Waals surface area contributed by atoms with Crippen molar-refractivity contribution in [3.05, 3.63) is 119 Å². The molecule has 3 heterocycles. The van der Waals surface area contributed by atoms with Crippen LogP contribution in [0.25, 0.3) is 0 Å². The van der Waals surface area contributed by atoms with Gasteiger partial charge in [-0.3, -0.25) is 24.5 Å². The average molecular weight is 734 g/mol. The van der Waals surface area contributed by atoms with Crippen LogP contribution in [0.15, 0.2) is 103 Å². The van der Waals surface area contributed by atoms with Crippen LogP contribution in [0, 0.1) is 0 Å². The first-order chi connectivity index (χ1) is 24.7. The van der Waals surface area contributed by atoms with Gasteiger partial charge in [0.25, 0.3) is 0 Å². The van der Waals surface area contributed by atoms with Crippen LogP contribution < -0.4 is 5.32 Å². The number of benzene rings is 3. The van der Waals surface area contributed by atoms with E-state index in [-0.39, 0.29) is 13.2 Å². The molecule has 3 atom stereocenters. The molecule has 6 rings (SSSR count). The Kier molecular flexibility index (Phi) is 12.5. The lowest BCUT2D eigenvalue weighted by Crippen LogP contribution is -2.62. The molecule has 3 aromatic carbocycles. The number of hydrogen-bond donors (Lipinski definition) is 1. The number of imide groups is 1. The number of likely N-dealkylation sites (tertiary alicyclic amines) is 1. The molecular weight excluding hydrogens is 685 g/mol. The zero-order chi connectivity index (χ0) is 35.8. The number of carbonyl (C=O) groups is 2. The number of amides is 3. The van der Waals surface area contributed by atoms with Crippen LogP contribution in [0.3, 0.4) is 0 Å². The Bertz CT molecular complexity index is 1570. The number of urea groups is 1. The second kappa shape index (κ2) is 17.0. The number of rotatable bonds is 12. The van der Waals surface area contributed by atoms with Gasteiger partial charge in [0.1, 0.15) is 0 Å². The molecule has 0 aromatic heterocycles. The summed E-state index contributed by atoms with van der Waals surface area (Å²) >= 11 is 6.77. The number of nitrogens with zero attached hydrogens (tertiary/aromatic N) is 4. The van der Waals surface area contributed by atoms with Crippen molar-refractivity contribution in [3.63, 3.8) is 0 Å². The second-order valence-corrected chi connectivity index (χ2v) is 16.8. The number of carbonyl (C=O) groups excluding carboxylic acids is 2. The summed E-state index contributed by atoms with van der Waals surface area (Å²) in [5.41, 5.74) is 3.09. The summed E-state index contributed by atoms with van der Waals surface area (Å²) in [5.74, 6) is 0. The molecule has 0 spiro atoms. The SMILES string of the molecule is CC(C)=CN(C(=O)NC=O)C1CN(C(c2ccccc2)(c2ccccc2)c2ccccc2)C[C@@H](COP(=O)(Cl)N2CCC(N3CCCC3)CC2)O1. The first-order valence-electron chi connectivity index (χ1n) is 17.9. The summed E-state index contributed by atoms with van der Waals surface area (Å²) in [6, 6.07) is 30.7. The molecule has 0 saturated carbocycles. The van der Waals surface area contributed by atoms with E-state index in [2.05, 4.69) is 51.5 Å². The molecule has 0 bridgehead atoms. The van der Waals surface area contributed by atoms with Gasteiger partial charge in [-0.1, -0.05) is 96.6 Å². The quantitative estimate of drug-likeness (QED) is 0.121. The maximum absolute atomic E-state index is 14.0. The van der Waals surface area contributed by atoms with Gasteiger partial charge in [-0.2, -0.15) is 0 Å². The second-order valence-electron chi connectivity index (χ2n) is 13.8. The number of allylic oxidation sites excluding steroid dienone is 1. The molecule has 0 radical (unpaired) electrons. The first kappa shape index (κ1) is 37.4. The zero-order valence-corrected chi connectivity index (χ0v) is 31.1. The Morgan fingerprint density at radius 1 is 0.902 bits per heavy atom. The van der Waals surface area contributed by atoms with E-state index in [1.54, 1.807) is 10.9 Å². The third-order valence-electron chi connectivity index (χ3n) is 10.2. The highest BCUT2D eigenvalue weighted by molar-refractivity contribution is 7.83. The molecule has 3 amide bonds. The van der Waals surface area contributed by atoms with Gasteiger partial charge in [-0.15, -0.1) is 0 Å². The van der Waals surface area contributed by atoms with E-state index in [9.17, 15) is 14.2 Å². The Morgan fingerprint density at radius 2 is 1.43 bits per heavy atom. The van der Waals surface area contributed by atoms with Gasteiger partial charge in [0, 0.05) is 38.4 Å². The van der Waals surface area contributed by atoms with Crippen molar-refractivity contribution >= 4 is 30.6 Å².